The molecule has 2 N–H and O–H groups in total. The van der Waals surface area contributed by atoms with Crippen molar-refractivity contribution in [3.63, 3.8) is 0 Å². The molecule has 0 fully saturated rings. The highest BCUT2D eigenvalue weighted by atomic mass is 16.7. The van der Waals surface area contributed by atoms with Crippen LogP contribution in [0.3, 0.4) is 0 Å². The van der Waals surface area contributed by atoms with E-state index in [2.05, 4.69) is 11.1 Å². The van der Waals surface area contributed by atoms with E-state index in [9.17, 15) is 9.90 Å². The number of carbonyl (C=O) groups is 1. The van der Waals surface area contributed by atoms with Crippen molar-refractivity contribution in [1.82, 2.24) is 10.0 Å². The molecule has 1 amide bonds. The van der Waals surface area contributed by atoms with Gasteiger partial charge in [-0.15, -0.1) is 0 Å². The van der Waals surface area contributed by atoms with E-state index in [1.165, 1.54) is 18.2 Å². The van der Waals surface area contributed by atoms with Gasteiger partial charge in [-0.05, 0) is 41.8 Å². The lowest BCUT2D eigenvalue weighted by Gasteiger charge is -2.17. The van der Waals surface area contributed by atoms with Crippen LogP contribution in [0.1, 0.15) is 11.1 Å². The van der Waals surface area contributed by atoms with Gasteiger partial charge in [-0.25, -0.2) is 5.06 Å². The summed E-state index contributed by atoms with van der Waals surface area (Å²) in [6, 6.07) is 14.7. The molecule has 25 heavy (non-hydrogen) atoms. The Kier molecular flexibility index (Phi) is 5.16. The molecular formula is C20H20N2O3. The number of benzene rings is 2. The number of phenols is 1. The van der Waals surface area contributed by atoms with Crippen molar-refractivity contribution < 1.29 is 14.7 Å². The Hall–Kier alpha value is -3.05. The van der Waals surface area contributed by atoms with Crippen LogP contribution in [-0.4, -0.2) is 34.7 Å². The SMILES string of the molecule is CON(CCc1c[nH]c2ccccc12)C(=O)/C=C/c1ccc(O)cc1. The number of H-pyrrole nitrogens is 1. The van der Waals surface area contributed by atoms with Crippen molar-refractivity contribution >= 4 is 22.9 Å². The van der Waals surface area contributed by atoms with Crippen molar-refractivity contribution in [2.75, 3.05) is 13.7 Å². The molecule has 2 aromatic carbocycles. The molecule has 1 heterocycles. The van der Waals surface area contributed by atoms with E-state index in [0.717, 1.165) is 22.0 Å². The van der Waals surface area contributed by atoms with Gasteiger partial charge in [0, 0.05) is 23.2 Å². The van der Waals surface area contributed by atoms with Gasteiger partial charge >= 0.3 is 0 Å². The number of nitrogens with zero attached hydrogens (tertiary/aromatic N) is 1. The van der Waals surface area contributed by atoms with Crippen LogP contribution in [0.5, 0.6) is 5.75 Å². The maximum atomic E-state index is 12.3. The third-order valence-corrected chi connectivity index (χ3v) is 4.04. The zero-order valence-corrected chi connectivity index (χ0v) is 14.0. The van der Waals surface area contributed by atoms with Crippen LogP contribution in [0, 0.1) is 0 Å². The molecule has 5 heteroatoms. The number of aromatic nitrogens is 1. The van der Waals surface area contributed by atoms with Gasteiger partial charge in [0.05, 0.1) is 13.7 Å². The summed E-state index contributed by atoms with van der Waals surface area (Å²) < 4.78 is 0. The lowest BCUT2D eigenvalue weighted by molar-refractivity contribution is -0.169. The summed E-state index contributed by atoms with van der Waals surface area (Å²) >= 11 is 0. The molecule has 0 radical (unpaired) electrons. The van der Waals surface area contributed by atoms with Crippen molar-refractivity contribution in [3.05, 3.63) is 71.9 Å². The molecular weight excluding hydrogens is 316 g/mol. The lowest BCUT2D eigenvalue weighted by Crippen LogP contribution is -2.30. The second kappa shape index (κ2) is 7.68. The number of rotatable bonds is 6. The minimum absolute atomic E-state index is 0.195. The third-order valence-electron chi connectivity index (χ3n) is 4.04. The van der Waals surface area contributed by atoms with Crippen LogP contribution in [0.4, 0.5) is 0 Å². The zero-order chi connectivity index (χ0) is 17.6. The molecule has 0 aliphatic heterocycles. The Labute approximate surface area is 146 Å². The number of para-hydroxylation sites is 1. The highest BCUT2D eigenvalue weighted by Gasteiger charge is 2.11. The number of nitrogens with one attached hydrogen (secondary N) is 1. The predicted octanol–water partition coefficient (Wildman–Crippen LogP) is 3.52. The van der Waals surface area contributed by atoms with E-state index in [1.807, 2.05) is 24.4 Å². The van der Waals surface area contributed by atoms with Gasteiger partial charge in [0.2, 0.25) is 0 Å². The number of hydroxylamine groups is 2. The molecule has 0 spiro atoms. The van der Waals surface area contributed by atoms with Gasteiger partial charge < -0.3 is 10.1 Å². The van der Waals surface area contributed by atoms with E-state index in [1.54, 1.807) is 30.3 Å². The van der Waals surface area contributed by atoms with Crippen LogP contribution in [0.15, 0.2) is 60.8 Å². The number of aromatic amines is 1. The standard InChI is InChI=1S/C20H20N2O3/c1-25-22(20(24)11-8-15-6-9-17(23)10-7-15)13-12-16-14-21-19-5-3-2-4-18(16)19/h2-11,14,21,23H,12-13H2,1H3/b11-8+. The molecule has 3 aromatic rings. The summed E-state index contributed by atoms with van der Waals surface area (Å²) in [6.45, 7) is 0.455. The molecule has 128 valence electrons. The monoisotopic (exact) mass is 336 g/mol. The highest BCUT2D eigenvalue weighted by Crippen LogP contribution is 2.18. The molecule has 1 aromatic heterocycles. The molecule has 0 saturated carbocycles. The first-order chi connectivity index (χ1) is 12.2. The normalized spacial score (nSPS) is 11.2. The van der Waals surface area contributed by atoms with E-state index < -0.39 is 0 Å². The van der Waals surface area contributed by atoms with Crippen LogP contribution in [-0.2, 0) is 16.1 Å². The second-order valence-electron chi connectivity index (χ2n) is 5.66. The number of aromatic hydroxyl groups is 1. The first-order valence-corrected chi connectivity index (χ1v) is 8.05. The third kappa shape index (κ3) is 4.08. The Morgan fingerprint density at radius 2 is 1.96 bits per heavy atom. The molecule has 0 bridgehead atoms. The second-order valence-corrected chi connectivity index (χ2v) is 5.66. The van der Waals surface area contributed by atoms with Crippen LogP contribution in [0.2, 0.25) is 0 Å². The molecule has 0 aliphatic carbocycles. The zero-order valence-electron chi connectivity index (χ0n) is 14.0. The van der Waals surface area contributed by atoms with Crippen LogP contribution < -0.4 is 0 Å². The smallest absolute Gasteiger partial charge is 0.270 e. The number of fused-ring (bicyclic) bond motifs is 1. The Bertz CT molecular complexity index is 881. The topological polar surface area (TPSA) is 65.6 Å². The highest BCUT2D eigenvalue weighted by molar-refractivity contribution is 5.91. The average Bonchev–Trinajstić information content (AvgIpc) is 3.05. The van der Waals surface area contributed by atoms with Crippen molar-refractivity contribution in [1.29, 1.82) is 0 Å². The van der Waals surface area contributed by atoms with Gasteiger partial charge in [0.15, 0.2) is 0 Å². The Morgan fingerprint density at radius 1 is 1.20 bits per heavy atom. The van der Waals surface area contributed by atoms with Crippen LogP contribution >= 0.6 is 0 Å². The van der Waals surface area contributed by atoms with Gasteiger partial charge in [-0.2, -0.15) is 0 Å². The number of carbonyl (C=O) groups excluding carboxylic acids is 1. The van der Waals surface area contributed by atoms with Crippen LogP contribution in [0.25, 0.3) is 17.0 Å². The van der Waals surface area contributed by atoms with Crippen molar-refractivity contribution in [2.24, 2.45) is 0 Å². The largest absolute Gasteiger partial charge is 0.508 e. The minimum atomic E-state index is -0.226. The minimum Gasteiger partial charge on any atom is -0.508 e. The number of hydrogen-bond acceptors (Lipinski definition) is 3. The van der Waals surface area contributed by atoms with Gasteiger partial charge in [0.25, 0.3) is 5.91 Å². The Balaban J connectivity index is 1.63. The van der Waals surface area contributed by atoms with Gasteiger partial charge in [-0.1, -0.05) is 30.3 Å². The maximum Gasteiger partial charge on any atom is 0.270 e. The summed E-state index contributed by atoms with van der Waals surface area (Å²) in [5, 5.41) is 11.8. The molecule has 0 saturated heterocycles. The van der Waals surface area contributed by atoms with Crippen molar-refractivity contribution in [3.8, 4) is 5.75 Å². The number of phenolic OH excluding ortho intramolecular Hbond substituents is 1. The number of hydrogen-bond donors (Lipinski definition) is 2. The summed E-state index contributed by atoms with van der Waals surface area (Å²) in [6.07, 6.45) is 5.82. The first kappa shape index (κ1) is 16.8. The van der Waals surface area contributed by atoms with Crippen molar-refractivity contribution in [2.45, 2.75) is 6.42 Å². The van der Waals surface area contributed by atoms with E-state index in [-0.39, 0.29) is 11.7 Å². The lowest BCUT2D eigenvalue weighted by atomic mass is 10.1. The van der Waals surface area contributed by atoms with E-state index in [0.29, 0.717) is 13.0 Å². The summed E-state index contributed by atoms with van der Waals surface area (Å²) in [5.74, 6) is -0.0314. The van der Waals surface area contributed by atoms with E-state index in [4.69, 9.17) is 4.84 Å². The Morgan fingerprint density at radius 3 is 2.72 bits per heavy atom. The fourth-order valence-electron chi connectivity index (χ4n) is 2.69. The molecule has 0 aliphatic rings. The maximum absolute atomic E-state index is 12.3. The molecule has 0 atom stereocenters. The summed E-state index contributed by atoms with van der Waals surface area (Å²) in [5.41, 5.74) is 3.06. The molecule has 3 rings (SSSR count). The number of amides is 1. The molecule has 5 nitrogen and oxygen atoms in total. The van der Waals surface area contributed by atoms with Gasteiger partial charge in [-0.3, -0.25) is 9.63 Å². The first-order valence-electron chi connectivity index (χ1n) is 8.05. The fraction of sp³-hybridized carbons (Fsp3) is 0.150. The van der Waals surface area contributed by atoms with E-state index >= 15 is 0 Å². The fourth-order valence-corrected chi connectivity index (χ4v) is 2.69. The average molecular weight is 336 g/mol. The molecule has 0 unspecified atom stereocenters. The predicted molar refractivity (Wildman–Crippen MR) is 97.9 cm³/mol. The van der Waals surface area contributed by atoms with Gasteiger partial charge in [0.1, 0.15) is 5.75 Å². The summed E-state index contributed by atoms with van der Waals surface area (Å²) in [4.78, 5) is 20.7. The summed E-state index contributed by atoms with van der Waals surface area (Å²) in [7, 11) is 1.49. The quantitative estimate of drug-likeness (QED) is 0.535.